The number of aromatic amines is 1. The van der Waals surface area contributed by atoms with Gasteiger partial charge in [-0.05, 0) is 37.3 Å². The van der Waals surface area contributed by atoms with Gasteiger partial charge in [-0.15, -0.1) is 11.3 Å². The Bertz CT molecular complexity index is 1370. The number of hydrogen-bond acceptors (Lipinski definition) is 5. The smallest absolute Gasteiger partial charge is 0.266 e. The Morgan fingerprint density at radius 3 is 2.66 bits per heavy atom. The molecule has 3 amide bonds. The first kappa shape index (κ1) is 24.2. The lowest BCUT2D eigenvalue weighted by atomic mass is 10.1. The highest BCUT2D eigenvalue weighted by atomic mass is 32.1. The van der Waals surface area contributed by atoms with E-state index in [2.05, 4.69) is 15.5 Å². The third-order valence-electron chi connectivity index (χ3n) is 5.71. The number of fused-ring (bicyclic) bond motifs is 1. The number of nitrogens with two attached hydrogens (primary N) is 1. The van der Waals surface area contributed by atoms with Crippen molar-refractivity contribution in [3.8, 4) is 10.4 Å². The van der Waals surface area contributed by atoms with E-state index in [0.717, 1.165) is 27.0 Å². The summed E-state index contributed by atoms with van der Waals surface area (Å²) in [5, 5.41) is 10.6. The second kappa shape index (κ2) is 10.1. The lowest BCUT2D eigenvalue weighted by Crippen LogP contribution is -2.34. The largest absolute Gasteiger partial charge is 0.370 e. The van der Waals surface area contributed by atoms with Gasteiger partial charge in [0.25, 0.3) is 5.91 Å². The Morgan fingerprint density at radius 2 is 2.00 bits per heavy atom. The summed E-state index contributed by atoms with van der Waals surface area (Å²) in [5.74, 6) is -0.242. The van der Waals surface area contributed by atoms with Gasteiger partial charge in [0, 0.05) is 53.1 Å². The molecule has 35 heavy (non-hydrogen) atoms. The van der Waals surface area contributed by atoms with Crippen molar-refractivity contribution >= 4 is 51.5 Å². The highest BCUT2D eigenvalue weighted by Gasteiger charge is 2.20. The number of aromatic nitrogens is 3. The minimum absolute atomic E-state index is 0.0294. The van der Waals surface area contributed by atoms with Crippen LogP contribution in [0.1, 0.15) is 36.9 Å². The van der Waals surface area contributed by atoms with Crippen molar-refractivity contribution in [2.45, 2.75) is 33.7 Å². The maximum Gasteiger partial charge on any atom is 0.266 e. The minimum Gasteiger partial charge on any atom is -0.370 e. The summed E-state index contributed by atoms with van der Waals surface area (Å²) in [6.45, 7) is 6.50. The second-order valence-corrected chi connectivity index (χ2v) is 9.57. The van der Waals surface area contributed by atoms with Crippen molar-refractivity contribution in [2.75, 3.05) is 16.8 Å². The monoisotopic (exact) mass is 492 g/mol. The van der Waals surface area contributed by atoms with Gasteiger partial charge in [0.2, 0.25) is 11.8 Å². The average molecular weight is 493 g/mol. The normalized spacial score (nSPS) is 11.2. The number of carbonyl (C=O) groups excluding carboxylic acids is 3. The number of amides is 3. The molecule has 0 aliphatic rings. The van der Waals surface area contributed by atoms with Gasteiger partial charge in [0.15, 0.2) is 0 Å². The van der Waals surface area contributed by atoms with E-state index in [9.17, 15) is 14.4 Å². The number of nitrogens with zero attached hydrogens (tertiary/aromatic N) is 3. The van der Waals surface area contributed by atoms with Gasteiger partial charge < -0.3 is 20.5 Å². The van der Waals surface area contributed by atoms with E-state index in [-0.39, 0.29) is 24.2 Å². The van der Waals surface area contributed by atoms with Crippen LogP contribution in [0, 0.1) is 5.92 Å². The fourth-order valence-corrected chi connectivity index (χ4v) is 4.82. The van der Waals surface area contributed by atoms with Crippen LogP contribution in [0.5, 0.6) is 0 Å². The molecular formula is C25H28N6O3S. The highest BCUT2D eigenvalue weighted by molar-refractivity contribution is 7.17. The molecule has 0 spiro atoms. The number of thiophene rings is 1. The molecule has 4 N–H and O–H groups in total. The van der Waals surface area contributed by atoms with Gasteiger partial charge >= 0.3 is 0 Å². The number of rotatable bonds is 9. The van der Waals surface area contributed by atoms with Crippen LogP contribution in [0.4, 0.5) is 11.5 Å². The lowest BCUT2D eigenvalue weighted by Gasteiger charge is -2.23. The van der Waals surface area contributed by atoms with E-state index in [0.29, 0.717) is 23.8 Å². The molecule has 10 heteroatoms. The van der Waals surface area contributed by atoms with Crippen molar-refractivity contribution in [2.24, 2.45) is 11.7 Å². The van der Waals surface area contributed by atoms with Crippen LogP contribution in [-0.2, 0) is 16.1 Å². The molecular weight excluding hydrogens is 464 g/mol. The summed E-state index contributed by atoms with van der Waals surface area (Å²) < 4.78 is 1.86. The van der Waals surface area contributed by atoms with Crippen LogP contribution in [0.25, 0.3) is 21.3 Å². The molecule has 0 radical (unpaired) electrons. The molecule has 9 nitrogen and oxygen atoms in total. The third-order valence-corrected chi connectivity index (χ3v) is 6.84. The Kier molecular flexibility index (Phi) is 7.02. The van der Waals surface area contributed by atoms with E-state index in [1.54, 1.807) is 23.4 Å². The van der Waals surface area contributed by atoms with Crippen molar-refractivity contribution in [1.82, 2.24) is 14.8 Å². The molecule has 0 aliphatic carbocycles. The van der Waals surface area contributed by atoms with Crippen molar-refractivity contribution in [3.63, 3.8) is 0 Å². The number of H-pyrrole nitrogens is 1. The molecule has 3 heterocycles. The van der Waals surface area contributed by atoms with E-state index >= 15 is 0 Å². The summed E-state index contributed by atoms with van der Waals surface area (Å²) >= 11 is 1.36. The van der Waals surface area contributed by atoms with Crippen molar-refractivity contribution < 1.29 is 14.4 Å². The summed E-state index contributed by atoms with van der Waals surface area (Å²) in [6.07, 6.45) is 3.59. The van der Waals surface area contributed by atoms with Gasteiger partial charge in [-0.25, -0.2) is 0 Å². The summed E-state index contributed by atoms with van der Waals surface area (Å²) in [6, 6.07) is 11.2. The minimum atomic E-state index is -0.437. The zero-order valence-electron chi connectivity index (χ0n) is 19.9. The number of carbonyl (C=O) groups is 3. The zero-order chi connectivity index (χ0) is 25.1. The molecule has 4 rings (SSSR count). The Morgan fingerprint density at radius 1 is 1.20 bits per heavy atom. The van der Waals surface area contributed by atoms with Crippen LogP contribution >= 0.6 is 11.3 Å². The first-order valence-corrected chi connectivity index (χ1v) is 12.2. The van der Waals surface area contributed by atoms with E-state index in [1.807, 2.05) is 55.7 Å². The fraction of sp³-hybridized carbons (Fsp3) is 0.280. The van der Waals surface area contributed by atoms with Gasteiger partial charge in [-0.3, -0.25) is 19.5 Å². The maximum absolute atomic E-state index is 13.1. The topological polar surface area (TPSA) is 126 Å². The molecule has 182 valence electrons. The third kappa shape index (κ3) is 5.12. The van der Waals surface area contributed by atoms with E-state index in [4.69, 9.17) is 5.73 Å². The second-order valence-electron chi connectivity index (χ2n) is 8.48. The van der Waals surface area contributed by atoms with Crippen molar-refractivity contribution in [3.05, 3.63) is 53.7 Å². The standard InChI is InChI=1S/C25H28N6O3S/c1-4-30(25(34)15(2)3)18-6-5-16-11-23(31(19(16)12-18)10-9-22(26)32)29-24(33)21-8-7-20(35-21)17-13-27-28-14-17/h5-8,11-15H,4,9-10H2,1-3H3,(H2,26,32)(H,27,28)(H,29,33). The van der Waals surface area contributed by atoms with Crippen LogP contribution < -0.4 is 16.0 Å². The Hall–Kier alpha value is -3.92. The molecule has 0 bridgehead atoms. The Balaban J connectivity index is 1.68. The average Bonchev–Trinajstić information content (AvgIpc) is 3.57. The number of primary amides is 1. The lowest BCUT2D eigenvalue weighted by molar-refractivity contribution is -0.121. The molecule has 0 unspecified atom stereocenters. The van der Waals surface area contributed by atoms with Gasteiger partial charge in [0.1, 0.15) is 5.82 Å². The first-order valence-electron chi connectivity index (χ1n) is 11.4. The summed E-state index contributed by atoms with van der Waals surface area (Å²) in [7, 11) is 0. The number of anilines is 2. The van der Waals surface area contributed by atoms with Crippen molar-refractivity contribution in [1.29, 1.82) is 0 Å². The molecule has 0 aliphatic heterocycles. The molecule has 0 saturated heterocycles. The predicted molar refractivity (Wildman–Crippen MR) is 138 cm³/mol. The van der Waals surface area contributed by atoms with E-state index in [1.165, 1.54) is 11.3 Å². The fourth-order valence-electron chi connectivity index (χ4n) is 3.93. The Labute approximate surface area is 206 Å². The van der Waals surface area contributed by atoms with Crippen LogP contribution in [0.3, 0.4) is 0 Å². The molecule has 0 atom stereocenters. The molecule has 3 aromatic heterocycles. The SMILES string of the molecule is CCN(C(=O)C(C)C)c1ccc2cc(NC(=O)c3ccc(-c4cn[nH]c4)s3)n(CCC(N)=O)c2c1. The first-order chi connectivity index (χ1) is 16.8. The zero-order valence-corrected chi connectivity index (χ0v) is 20.7. The molecule has 0 saturated carbocycles. The number of hydrogen-bond donors (Lipinski definition) is 3. The predicted octanol–water partition coefficient (Wildman–Crippen LogP) is 4.23. The van der Waals surface area contributed by atoms with Gasteiger partial charge in [-0.2, -0.15) is 5.10 Å². The quantitative estimate of drug-likeness (QED) is 0.323. The maximum atomic E-state index is 13.1. The molecule has 0 fully saturated rings. The molecule has 1 aromatic carbocycles. The molecule has 4 aromatic rings. The van der Waals surface area contributed by atoms with Gasteiger partial charge in [-0.1, -0.05) is 19.9 Å². The highest BCUT2D eigenvalue weighted by Crippen LogP contribution is 2.31. The van der Waals surface area contributed by atoms with Gasteiger partial charge in [0.05, 0.1) is 16.6 Å². The number of benzene rings is 1. The van der Waals surface area contributed by atoms with Crippen LogP contribution in [0.15, 0.2) is 48.8 Å². The van der Waals surface area contributed by atoms with E-state index < -0.39 is 5.91 Å². The summed E-state index contributed by atoms with van der Waals surface area (Å²) in [5.41, 5.74) is 7.90. The number of aryl methyl sites for hydroxylation is 1. The number of nitrogens with one attached hydrogen (secondary N) is 2. The van der Waals surface area contributed by atoms with Crippen LogP contribution in [-0.4, -0.2) is 39.0 Å². The van der Waals surface area contributed by atoms with Crippen LogP contribution in [0.2, 0.25) is 0 Å². The summed E-state index contributed by atoms with van der Waals surface area (Å²) in [4.78, 5) is 40.5.